The molecule has 0 spiro atoms. The van der Waals surface area contributed by atoms with Gasteiger partial charge in [-0.15, -0.1) is 0 Å². The summed E-state index contributed by atoms with van der Waals surface area (Å²) in [6, 6.07) is 4.49. The SMILES string of the molecule is CCN1CCN(c2ccc(F)cc2C(C)NC(=O)CN2CCCCCCC2=O)CC1. The smallest absolute Gasteiger partial charge is 0.240 e. The highest BCUT2D eigenvalue weighted by molar-refractivity contribution is 5.85. The summed E-state index contributed by atoms with van der Waals surface area (Å²) >= 11 is 0. The fraction of sp³-hybridized carbons (Fsp3) is 0.652. The van der Waals surface area contributed by atoms with Crippen LogP contribution in [-0.2, 0) is 9.59 Å². The Morgan fingerprint density at radius 2 is 1.83 bits per heavy atom. The van der Waals surface area contributed by atoms with E-state index in [0.717, 1.165) is 69.7 Å². The molecule has 0 aliphatic carbocycles. The Bertz CT molecular complexity index is 734. The van der Waals surface area contributed by atoms with E-state index in [4.69, 9.17) is 0 Å². The van der Waals surface area contributed by atoms with Crippen molar-refractivity contribution in [3.8, 4) is 0 Å². The van der Waals surface area contributed by atoms with Gasteiger partial charge in [0.2, 0.25) is 11.8 Å². The van der Waals surface area contributed by atoms with Crippen LogP contribution in [0.25, 0.3) is 0 Å². The van der Waals surface area contributed by atoms with E-state index in [1.807, 2.05) is 13.0 Å². The zero-order chi connectivity index (χ0) is 21.5. The Hall–Kier alpha value is -2.15. The van der Waals surface area contributed by atoms with Gasteiger partial charge in [-0.25, -0.2) is 4.39 Å². The summed E-state index contributed by atoms with van der Waals surface area (Å²) in [7, 11) is 0. The standard InChI is InChI=1S/C23H35FN4O2/c1-3-26-12-14-27(15-13-26)21-10-9-19(24)16-20(21)18(2)25-22(29)17-28-11-7-5-4-6-8-23(28)30/h9-10,16,18H,3-8,11-15,17H2,1-2H3,(H,25,29). The lowest BCUT2D eigenvalue weighted by atomic mass is 10.0. The molecule has 0 bridgehead atoms. The van der Waals surface area contributed by atoms with E-state index in [0.29, 0.717) is 13.0 Å². The van der Waals surface area contributed by atoms with Crippen molar-refractivity contribution in [3.05, 3.63) is 29.6 Å². The molecule has 0 saturated carbocycles. The number of benzene rings is 1. The van der Waals surface area contributed by atoms with Crippen molar-refractivity contribution in [3.63, 3.8) is 0 Å². The molecule has 6 nitrogen and oxygen atoms in total. The van der Waals surface area contributed by atoms with Gasteiger partial charge in [-0.2, -0.15) is 0 Å². The van der Waals surface area contributed by atoms with Crippen molar-refractivity contribution < 1.29 is 14.0 Å². The molecule has 1 N–H and O–H groups in total. The van der Waals surface area contributed by atoms with Crippen LogP contribution in [0.5, 0.6) is 0 Å². The van der Waals surface area contributed by atoms with E-state index < -0.39 is 0 Å². The summed E-state index contributed by atoms with van der Waals surface area (Å²) in [5.74, 6) is -0.443. The first-order chi connectivity index (χ1) is 14.5. The van der Waals surface area contributed by atoms with Gasteiger partial charge in [0.1, 0.15) is 5.82 Å². The van der Waals surface area contributed by atoms with Gasteiger partial charge in [-0.3, -0.25) is 9.59 Å². The Morgan fingerprint density at radius 3 is 2.57 bits per heavy atom. The topological polar surface area (TPSA) is 55.9 Å². The average Bonchev–Trinajstić information content (AvgIpc) is 2.73. The lowest BCUT2D eigenvalue weighted by Crippen LogP contribution is -2.47. The summed E-state index contributed by atoms with van der Waals surface area (Å²) in [6.45, 7) is 9.50. The maximum atomic E-state index is 14.0. The number of amides is 2. The van der Waals surface area contributed by atoms with Crippen LogP contribution in [0.1, 0.15) is 57.6 Å². The van der Waals surface area contributed by atoms with E-state index in [-0.39, 0.29) is 30.2 Å². The molecule has 1 atom stereocenters. The molecule has 166 valence electrons. The highest BCUT2D eigenvalue weighted by atomic mass is 19.1. The fourth-order valence-electron chi connectivity index (χ4n) is 4.39. The van der Waals surface area contributed by atoms with Crippen molar-refractivity contribution in [1.82, 2.24) is 15.1 Å². The second-order valence-electron chi connectivity index (χ2n) is 8.39. The van der Waals surface area contributed by atoms with Crippen LogP contribution in [0, 0.1) is 5.82 Å². The Morgan fingerprint density at radius 1 is 1.10 bits per heavy atom. The van der Waals surface area contributed by atoms with E-state index in [9.17, 15) is 14.0 Å². The number of likely N-dealkylation sites (N-methyl/N-ethyl adjacent to an activating group) is 1. The third-order valence-electron chi connectivity index (χ3n) is 6.25. The molecule has 2 fully saturated rings. The quantitative estimate of drug-likeness (QED) is 0.772. The normalized spacial score (nSPS) is 19.9. The van der Waals surface area contributed by atoms with Crippen molar-refractivity contribution in [1.29, 1.82) is 0 Å². The third kappa shape index (κ3) is 5.94. The average molecular weight is 419 g/mol. The van der Waals surface area contributed by atoms with Gasteiger partial charge in [-0.1, -0.05) is 19.8 Å². The Balaban J connectivity index is 1.65. The largest absolute Gasteiger partial charge is 0.369 e. The van der Waals surface area contributed by atoms with Gasteiger partial charge in [0.05, 0.1) is 12.6 Å². The van der Waals surface area contributed by atoms with E-state index >= 15 is 0 Å². The maximum Gasteiger partial charge on any atom is 0.240 e. The number of nitrogens with one attached hydrogen (secondary N) is 1. The fourth-order valence-corrected chi connectivity index (χ4v) is 4.39. The number of carbonyl (C=O) groups is 2. The van der Waals surface area contributed by atoms with Gasteiger partial charge in [0.25, 0.3) is 0 Å². The molecule has 2 saturated heterocycles. The molecule has 3 rings (SSSR count). The summed E-state index contributed by atoms with van der Waals surface area (Å²) in [5.41, 5.74) is 1.76. The summed E-state index contributed by atoms with van der Waals surface area (Å²) in [4.78, 5) is 31.3. The molecule has 0 radical (unpaired) electrons. The van der Waals surface area contributed by atoms with Gasteiger partial charge in [-0.05, 0) is 44.5 Å². The van der Waals surface area contributed by atoms with Gasteiger partial charge >= 0.3 is 0 Å². The predicted octanol–water partition coefficient (Wildman–Crippen LogP) is 2.94. The van der Waals surface area contributed by atoms with Crippen molar-refractivity contribution >= 4 is 17.5 Å². The second-order valence-corrected chi connectivity index (χ2v) is 8.39. The highest BCUT2D eigenvalue weighted by Gasteiger charge is 2.23. The first-order valence-corrected chi connectivity index (χ1v) is 11.3. The summed E-state index contributed by atoms with van der Waals surface area (Å²) in [5, 5.41) is 2.99. The number of rotatable bonds is 6. The van der Waals surface area contributed by atoms with E-state index in [1.54, 1.807) is 4.90 Å². The molecule has 2 aliphatic heterocycles. The zero-order valence-electron chi connectivity index (χ0n) is 18.3. The van der Waals surface area contributed by atoms with E-state index in [2.05, 4.69) is 22.0 Å². The number of piperazine rings is 1. The predicted molar refractivity (Wildman–Crippen MR) is 117 cm³/mol. The first-order valence-electron chi connectivity index (χ1n) is 11.3. The molecular formula is C23H35FN4O2. The monoisotopic (exact) mass is 418 g/mol. The number of halogens is 1. The van der Waals surface area contributed by atoms with Gasteiger partial charge in [0.15, 0.2) is 0 Å². The van der Waals surface area contributed by atoms with Crippen LogP contribution in [0.2, 0.25) is 0 Å². The van der Waals surface area contributed by atoms with E-state index in [1.165, 1.54) is 12.1 Å². The molecular weight excluding hydrogens is 383 g/mol. The Labute approximate surface area is 179 Å². The number of hydrogen-bond acceptors (Lipinski definition) is 4. The minimum atomic E-state index is -0.336. The van der Waals surface area contributed by atoms with Crippen LogP contribution >= 0.6 is 0 Å². The molecule has 2 amide bonds. The summed E-state index contributed by atoms with van der Waals surface area (Å²) < 4.78 is 14.0. The second kappa shape index (κ2) is 10.8. The van der Waals surface area contributed by atoms with Gasteiger partial charge < -0.3 is 20.0 Å². The zero-order valence-corrected chi connectivity index (χ0v) is 18.3. The number of likely N-dealkylation sites (tertiary alicyclic amines) is 1. The van der Waals surface area contributed by atoms with Crippen molar-refractivity contribution in [2.24, 2.45) is 0 Å². The van der Waals surface area contributed by atoms with Crippen molar-refractivity contribution in [2.75, 3.05) is 50.7 Å². The number of carbonyl (C=O) groups excluding carboxylic acids is 2. The molecule has 1 aromatic rings. The molecule has 0 aromatic heterocycles. The lowest BCUT2D eigenvalue weighted by molar-refractivity contribution is -0.136. The van der Waals surface area contributed by atoms with Crippen LogP contribution in [-0.4, -0.2) is 67.4 Å². The first kappa shape index (κ1) is 22.5. The minimum Gasteiger partial charge on any atom is -0.369 e. The van der Waals surface area contributed by atoms with Crippen LogP contribution in [0.3, 0.4) is 0 Å². The van der Waals surface area contributed by atoms with Crippen LogP contribution in [0.4, 0.5) is 10.1 Å². The maximum absolute atomic E-state index is 14.0. The minimum absolute atomic E-state index is 0.0535. The molecule has 7 heteroatoms. The third-order valence-corrected chi connectivity index (χ3v) is 6.25. The molecule has 2 heterocycles. The summed E-state index contributed by atoms with van der Waals surface area (Å²) in [6.07, 6.45) is 4.52. The van der Waals surface area contributed by atoms with Crippen molar-refractivity contribution in [2.45, 2.75) is 52.0 Å². The molecule has 1 unspecified atom stereocenters. The molecule has 1 aromatic carbocycles. The Kier molecular flexibility index (Phi) is 8.08. The number of nitrogens with zero attached hydrogens (tertiary/aromatic N) is 3. The van der Waals surface area contributed by atoms with Crippen LogP contribution in [0.15, 0.2) is 18.2 Å². The molecule has 30 heavy (non-hydrogen) atoms. The number of hydrogen-bond donors (Lipinski definition) is 1. The highest BCUT2D eigenvalue weighted by Crippen LogP contribution is 2.28. The lowest BCUT2D eigenvalue weighted by Gasteiger charge is -2.37. The van der Waals surface area contributed by atoms with Gasteiger partial charge in [0, 0.05) is 50.4 Å². The molecule has 2 aliphatic rings. The van der Waals surface area contributed by atoms with Crippen LogP contribution < -0.4 is 10.2 Å². The number of anilines is 1.